The Bertz CT molecular complexity index is 649. The number of nitrogens with zero attached hydrogens (tertiary/aromatic N) is 2. The van der Waals surface area contributed by atoms with Crippen LogP contribution in [0.15, 0.2) is 41.3 Å². The van der Waals surface area contributed by atoms with Crippen LogP contribution in [0.3, 0.4) is 0 Å². The zero-order valence-electron chi connectivity index (χ0n) is 10.3. The average molecular weight is 259 g/mol. The Morgan fingerprint density at radius 1 is 1.37 bits per heavy atom. The summed E-state index contributed by atoms with van der Waals surface area (Å²) < 4.78 is 14.4. The molecule has 0 saturated heterocycles. The monoisotopic (exact) mass is 259 g/mol. The minimum atomic E-state index is -0.308. The summed E-state index contributed by atoms with van der Waals surface area (Å²) >= 11 is 0. The van der Waals surface area contributed by atoms with Crippen molar-refractivity contribution >= 4 is 5.69 Å². The standard InChI is InChI=1S/C14H14FN3O/c15-11-3-1-2-10(6-11)9-18-14(19)7-13(8-16-18)17-12-4-5-12/h1-3,6-8,12,17H,4-5,9H2. The molecule has 2 aromatic rings. The predicted octanol–water partition coefficient (Wildman–Crippen LogP) is 2.00. The molecule has 1 fully saturated rings. The Kier molecular flexibility index (Phi) is 3.03. The second kappa shape index (κ2) is 4.84. The number of hydrogen-bond acceptors (Lipinski definition) is 3. The van der Waals surface area contributed by atoms with E-state index < -0.39 is 0 Å². The molecule has 0 unspecified atom stereocenters. The van der Waals surface area contributed by atoms with Gasteiger partial charge in [-0.3, -0.25) is 4.79 Å². The zero-order chi connectivity index (χ0) is 13.2. The van der Waals surface area contributed by atoms with Crippen LogP contribution in [0.4, 0.5) is 10.1 Å². The highest BCUT2D eigenvalue weighted by Crippen LogP contribution is 2.23. The molecule has 4 nitrogen and oxygen atoms in total. The molecule has 1 aromatic heterocycles. The third kappa shape index (κ3) is 2.99. The van der Waals surface area contributed by atoms with Gasteiger partial charge >= 0.3 is 0 Å². The maximum Gasteiger partial charge on any atom is 0.269 e. The Balaban J connectivity index is 1.79. The molecule has 1 aliphatic rings. The van der Waals surface area contributed by atoms with Crippen LogP contribution >= 0.6 is 0 Å². The maximum atomic E-state index is 13.1. The van der Waals surface area contributed by atoms with Crippen molar-refractivity contribution < 1.29 is 4.39 Å². The first-order chi connectivity index (χ1) is 9.20. The molecule has 0 bridgehead atoms. The van der Waals surface area contributed by atoms with Crippen LogP contribution in [0.2, 0.25) is 0 Å². The maximum absolute atomic E-state index is 13.1. The number of hydrogen-bond donors (Lipinski definition) is 1. The molecule has 0 atom stereocenters. The van der Waals surface area contributed by atoms with E-state index in [-0.39, 0.29) is 17.9 Å². The summed E-state index contributed by atoms with van der Waals surface area (Å²) in [6.45, 7) is 0.278. The average Bonchev–Trinajstić information content (AvgIpc) is 3.17. The van der Waals surface area contributed by atoms with Gasteiger partial charge in [-0.15, -0.1) is 0 Å². The van der Waals surface area contributed by atoms with Crippen LogP contribution < -0.4 is 10.9 Å². The number of aromatic nitrogens is 2. The van der Waals surface area contributed by atoms with Crippen molar-refractivity contribution in [3.63, 3.8) is 0 Å². The van der Waals surface area contributed by atoms with E-state index in [9.17, 15) is 9.18 Å². The molecule has 0 spiro atoms. The molecule has 3 rings (SSSR count). The molecule has 0 radical (unpaired) electrons. The summed E-state index contributed by atoms with van der Waals surface area (Å²) in [5, 5.41) is 7.32. The van der Waals surface area contributed by atoms with Gasteiger partial charge in [0.05, 0.1) is 18.4 Å². The van der Waals surface area contributed by atoms with Gasteiger partial charge in [0, 0.05) is 12.1 Å². The minimum absolute atomic E-state index is 0.185. The fourth-order valence-corrected chi connectivity index (χ4v) is 1.90. The van der Waals surface area contributed by atoms with Gasteiger partial charge in [0.25, 0.3) is 5.56 Å². The molecule has 1 saturated carbocycles. The van der Waals surface area contributed by atoms with Gasteiger partial charge in [0.1, 0.15) is 5.82 Å². The topological polar surface area (TPSA) is 46.9 Å². The SMILES string of the molecule is O=c1cc(NC2CC2)cnn1Cc1cccc(F)c1. The second-order valence-corrected chi connectivity index (χ2v) is 4.79. The number of anilines is 1. The van der Waals surface area contributed by atoms with Crippen LogP contribution in [0, 0.1) is 5.82 Å². The molecular formula is C14H14FN3O. The normalized spacial score (nSPS) is 14.4. The third-order valence-electron chi connectivity index (χ3n) is 3.04. The Morgan fingerprint density at radius 3 is 2.89 bits per heavy atom. The van der Waals surface area contributed by atoms with E-state index in [4.69, 9.17) is 0 Å². The second-order valence-electron chi connectivity index (χ2n) is 4.79. The summed E-state index contributed by atoms with van der Waals surface area (Å²) in [5.74, 6) is -0.308. The van der Waals surface area contributed by atoms with Gasteiger partial charge in [0.2, 0.25) is 0 Å². The fraction of sp³-hybridized carbons (Fsp3) is 0.286. The summed E-state index contributed by atoms with van der Waals surface area (Å²) in [7, 11) is 0. The van der Waals surface area contributed by atoms with Crippen molar-refractivity contribution in [1.29, 1.82) is 0 Å². The van der Waals surface area contributed by atoms with E-state index in [1.165, 1.54) is 22.9 Å². The van der Waals surface area contributed by atoms with Crippen molar-refractivity contribution in [2.45, 2.75) is 25.4 Å². The van der Waals surface area contributed by atoms with Gasteiger partial charge < -0.3 is 5.32 Å². The number of benzene rings is 1. The molecule has 1 heterocycles. The van der Waals surface area contributed by atoms with Crippen LogP contribution in [0.5, 0.6) is 0 Å². The zero-order valence-corrected chi connectivity index (χ0v) is 10.3. The number of nitrogens with one attached hydrogen (secondary N) is 1. The molecular weight excluding hydrogens is 245 g/mol. The van der Waals surface area contributed by atoms with Gasteiger partial charge in [-0.25, -0.2) is 9.07 Å². The lowest BCUT2D eigenvalue weighted by atomic mass is 10.2. The highest BCUT2D eigenvalue weighted by atomic mass is 19.1. The highest BCUT2D eigenvalue weighted by molar-refractivity contribution is 5.41. The van der Waals surface area contributed by atoms with Crippen LogP contribution in [0.1, 0.15) is 18.4 Å². The first-order valence-corrected chi connectivity index (χ1v) is 6.29. The molecule has 1 aliphatic carbocycles. The lowest BCUT2D eigenvalue weighted by Gasteiger charge is -2.07. The molecule has 1 aromatic carbocycles. The summed E-state index contributed by atoms with van der Waals surface area (Å²) in [4.78, 5) is 11.9. The van der Waals surface area contributed by atoms with E-state index in [0.29, 0.717) is 6.04 Å². The van der Waals surface area contributed by atoms with Gasteiger partial charge in [0.15, 0.2) is 0 Å². The first kappa shape index (κ1) is 11.9. The summed E-state index contributed by atoms with van der Waals surface area (Å²) in [5.41, 5.74) is 1.29. The fourth-order valence-electron chi connectivity index (χ4n) is 1.90. The van der Waals surface area contributed by atoms with Crippen molar-refractivity contribution in [3.05, 3.63) is 58.3 Å². The first-order valence-electron chi connectivity index (χ1n) is 6.29. The van der Waals surface area contributed by atoms with E-state index in [2.05, 4.69) is 10.4 Å². The van der Waals surface area contributed by atoms with Crippen LogP contribution in [-0.2, 0) is 6.54 Å². The van der Waals surface area contributed by atoms with Crippen LogP contribution in [0.25, 0.3) is 0 Å². The Hall–Kier alpha value is -2.17. The summed E-state index contributed by atoms with van der Waals surface area (Å²) in [6, 6.07) is 8.20. The molecule has 0 aliphatic heterocycles. The van der Waals surface area contributed by atoms with Crippen molar-refractivity contribution in [2.75, 3.05) is 5.32 Å². The lowest BCUT2D eigenvalue weighted by molar-refractivity contribution is 0.610. The van der Waals surface area contributed by atoms with Gasteiger partial charge in [-0.1, -0.05) is 12.1 Å². The Morgan fingerprint density at radius 2 is 2.21 bits per heavy atom. The van der Waals surface area contributed by atoms with Crippen LogP contribution in [-0.4, -0.2) is 15.8 Å². The lowest BCUT2D eigenvalue weighted by Crippen LogP contribution is -2.23. The third-order valence-corrected chi connectivity index (χ3v) is 3.04. The quantitative estimate of drug-likeness (QED) is 0.913. The summed E-state index contributed by atoms with van der Waals surface area (Å²) in [6.07, 6.45) is 3.93. The van der Waals surface area contributed by atoms with Crippen molar-refractivity contribution in [2.24, 2.45) is 0 Å². The molecule has 0 amide bonds. The van der Waals surface area contributed by atoms with E-state index in [1.54, 1.807) is 18.3 Å². The van der Waals surface area contributed by atoms with Crippen molar-refractivity contribution in [1.82, 2.24) is 9.78 Å². The van der Waals surface area contributed by atoms with E-state index >= 15 is 0 Å². The van der Waals surface area contributed by atoms with Gasteiger partial charge in [-0.2, -0.15) is 5.10 Å². The molecule has 1 N–H and O–H groups in total. The molecule has 5 heteroatoms. The molecule has 98 valence electrons. The number of halogens is 1. The minimum Gasteiger partial charge on any atom is -0.381 e. The van der Waals surface area contributed by atoms with E-state index in [1.807, 2.05) is 0 Å². The predicted molar refractivity (Wildman–Crippen MR) is 70.6 cm³/mol. The largest absolute Gasteiger partial charge is 0.381 e. The number of rotatable bonds is 4. The smallest absolute Gasteiger partial charge is 0.269 e. The van der Waals surface area contributed by atoms with Crippen molar-refractivity contribution in [3.8, 4) is 0 Å². The molecule has 19 heavy (non-hydrogen) atoms. The Labute approximate surface area is 109 Å². The van der Waals surface area contributed by atoms with Gasteiger partial charge in [-0.05, 0) is 30.5 Å². The van der Waals surface area contributed by atoms with E-state index in [0.717, 1.165) is 24.1 Å². The highest BCUT2D eigenvalue weighted by Gasteiger charge is 2.21.